The lowest BCUT2D eigenvalue weighted by molar-refractivity contribution is 0.0968. The number of Topliss-reactive ketones (excluding diaryl/α,β-unsaturated/α-hetero) is 2. The van der Waals surface area contributed by atoms with E-state index < -0.39 is 0 Å². The molecule has 1 N–H and O–H groups in total. The number of nitrogens with one attached hydrogen (secondary N) is 1. The Kier molecular flexibility index (Phi) is 3.09. The van der Waals surface area contributed by atoms with Gasteiger partial charge in [0.15, 0.2) is 5.78 Å². The van der Waals surface area contributed by atoms with Crippen LogP contribution >= 0.6 is 0 Å². The van der Waals surface area contributed by atoms with Gasteiger partial charge in [-0.05, 0) is 13.3 Å². The van der Waals surface area contributed by atoms with Crippen molar-refractivity contribution in [2.24, 2.45) is 0 Å². The van der Waals surface area contributed by atoms with Crippen LogP contribution in [0.15, 0.2) is 35.5 Å². The molecule has 0 unspecified atom stereocenters. The van der Waals surface area contributed by atoms with E-state index in [1.165, 1.54) is 0 Å². The van der Waals surface area contributed by atoms with Crippen molar-refractivity contribution in [1.82, 2.24) is 5.32 Å². The quantitative estimate of drug-likeness (QED) is 0.865. The van der Waals surface area contributed by atoms with E-state index in [1.54, 1.807) is 31.2 Å². The van der Waals surface area contributed by atoms with Crippen LogP contribution in [0.25, 0.3) is 0 Å². The molecule has 0 spiro atoms. The molecule has 0 saturated heterocycles. The highest BCUT2D eigenvalue weighted by molar-refractivity contribution is 6.26. The van der Waals surface area contributed by atoms with E-state index in [9.17, 15) is 9.59 Å². The maximum atomic E-state index is 12.2. The van der Waals surface area contributed by atoms with Crippen LogP contribution in [0.4, 0.5) is 0 Å². The molecule has 1 aromatic carbocycles. The van der Waals surface area contributed by atoms with Crippen molar-refractivity contribution >= 4 is 11.6 Å². The smallest absolute Gasteiger partial charge is 0.209 e. The van der Waals surface area contributed by atoms with E-state index >= 15 is 0 Å². The molecule has 0 radical (unpaired) electrons. The van der Waals surface area contributed by atoms with Crippen LogP contribution in [-0.4, -0.2) is 18.1 Å². The van der Waals surface area contributed by atoms with Gasteiger partial charge >= 0.3 is 0 Å². The van der Waals surface area contributed by atoms with E-state index in [-0.39, 0.29) is 11.6 Å². The average Bonchev–Trinajstić information content (AvgIpc) is 2.36. The lowest BCUT2D eigenvalue weighted by Gasteiger charge is -2.19. The first-order valence-electron chi connectivity index (χ1n) is 5.80. The fourth-order valence-corrected chi connectivity index (χ4v) is 1.96. The lowest BCUT2D eigenvalue weighted by Crippen LogP contribution is -2.30. The fourth-order valence-electron chi connectivity index (χ4n) is 1.96. The minimum Gasteiger partial charge on any atom is -0.382 e. The SMILES string of the molecule is CCCNC1=C(C)C(=O)c2ccccc2C1=O. The Morgan fingerprint density at radius 2 is 1.65 bits per heavy atom. The van der Waals surface area contributed by atoms with Gasteiger partial charge in [-0.15, -0.1) is 0 Å². The third-order valence-electron chi connectivity index (χ3n) is 2.91. The first-order chi connectivity index (χ1) is 8.16. The molecular formula is C14H15NO2. The summed E-state index contributed by atoms with van der Waals surface area (Å²) in [6.07, 6.45) is 0.917. The Morgan fingerprint density at radius 1 is 1.06 bits per heavy atom. The molecule has 88 valence electrons. The molecule has 1 aromatic rings. The lowest BCUT2D eigenvalue weighted by atomic mass is 9.88. The normalized spacial score (nSPS) is 14.9. The van der Waals surface area contributed by atoms with Gasteiger partial charge in [0.2, 0.25) is 5.78 Å². The number of ketones is 2. The predicted octanol–water partition coefficient (Wildman–Crippen LogP) is 2.34. The summed E-state index contributed by atoms with van der Waals surface area (Å²) in [6.45, 7) is 4.42. The van der Waals surface area contributed by atoms with E-state index in [0.717, 1.165) is 6.42 Å². The Labute approximate surface area is 101 Å². The summed E-state index contributed by atoms with van der Waals surface area (Å²) in [5, 5.41) is 3.05. The van der Waals surface area contributed by atoms with Gasteiger partial charge in [-0.25, -0.2) is 0 Å². The largest absolute Gasteiger partial charge is 0.382 e. The Bertz CT molecular complexity index is 515. The molecule has 0 aromatic heterocycles. The molecule has 0 fully saturated rings. The number of hydrogen-bond acceptors (Lipinski definition) is 3. The van der Waals surface area contributed by atoms with Gasteiger partial charge in [0.25, 0.3) is 0 Å². The molecule has 3 heteroatoms. The van der Waals surface area contributed by atoms with Crippen LogP contribution in [0, 0.1) is 0 Å². The standard InChI is InChI=1S/C14H15NO2/c1-3-8-15-12-9(2)13(16)10-6-4-5-7-11(10)14(12)17/h4-7,15H,3,8H2,1-2H3. The van der Waals surface area contributed by atoms with Crippen LogP contribution in [0.5, 0.6) is 0 Å². The summed E-state index contributed by atoms with van der Waals surface area (Å²) in [5.74, 6) is -0.134. The third kappa shape index (κ3) is 1.88. The number of fused-ring (bicyclic) bond motifs is 1. The van der Waals surface area contributed by atoms with Gasteiger partial charge in [-0.1, -0.05) is 31.2 Å². The molecule has 17 heavy (non-hydrogen) atoms. The Morgan fingerprint density at radius 3 is 2.24 bits per heavy atom. The van der Waals surface area contributed by atoms with Crippen molar-refractivity contribution in [3.63, 3.8) is 0 Å². The van der Waals surface area contributed by atoms with Gasteiger partial charge in [0.05, 0.1) is 5.70 Å². The Hall–Kier alpha value is -1.90. The number of hydrogen-bond donors (Lipinski definition) is 1. The molecule has 0 amide bonds. The maximum Gasteiger partial charge on any atom is 0.209 e. The summed E-state index contributed by atoms with van der Waals surface area (Å²) >= 11 is 0. The van der Waals surface area contributed by atoms with Gasteiger partial charge < -0.3 is 5.32 Å². The molecule has 0 saturated carbocycles. The van der Waals surface area contributed by atoms with Crippen LogP contribution < -0.4 is 5.32 Å². The molecular weight excluding hydrogens is 214 g/mol. The van der Waals surface area contributed by atoms with Gasteiger partial charge in [-0.2, -0.15) is 0 Å². The summed E-state index contributed by atoms with van der Waals surface area (Å²) in [6, 6.07) is 6.97. The minimum atomic E-state index is -0.0776. The predicted molar refractivity (Wildman–Crippen MR) is 66.1 cm³/mol. The van der Waals surface area contributed by atoms with Gasteiger partial charge in [0.1, 0.15) is 0 Å². The third-order valence-corrected chi connectivity index (χ3v) is 2.91. The van der Waals surface area contributed by atoms with E-state index in [2.05, 4.69) is 5.32 Å². The van der Waals surface area contributed by atoms with Crippen molar-refractivity contribution in [2.45, 2.75) is 20.3 Å². The molecule has 0 atom stereocenters. The molecule has 0 heterocycles. The van der Waals surface area contributed by atoms with Crippen LogP contribution in [-0.2, 0) is 0 Å². The molecule has 1 aliphatic carbocycles. The minimum absolute atomic E-state index is 0.0567. The van der Waals surface area contributed by atoms with E-state index in [1.807, 2.05) is 6.92 Å². The van der Waals surface area contributed by atoms with Gasteiger partial charge in [0, 0.05) is 23.2 Å². The summed E-state index contributed by atoms with van der Waals surface area (Å²) in [5.41, 5.74) is 1.98. The van der Waals surface area contributed by atoms with Crippen molar-refractivity contribution in [3.05, 3.63) is 46.7 Å². The zero-order valence-electron chi connectivity index (χ0n) is 10.0. The van der Waals surface area contributed by atoms with Crippen LogP contribution in [0.1, 0.15) is 41.0 Å². The van der Waals surface area contributed by atoms with E-state index in [0.29, 0.717) is 28.9 Å². The van der Waals surface area contributed by atoms with Crippen molar-refractivity contribution in [1.29, 1.82) is 0 Å². The van der Waals surface area contributed by atoms with Crippen molar-refractivity contribution < 1.29 is 9.59 Å². The topological polar surface area (TPSA) is 46.2 Å². The van der Waals surface area contributed by atoms with Gasteiger partial charge in [-0.3, -0.25) is 9.59 Å². The summed E-state index contributed by atoms with van der Waals surface area (Å²) in [7, 11) is 0. The second-order valence-electron chi connectivity index (χ2n) is 4.13. The average molecular weight is 229 g/mol. The highest BCUT2D eigenvalue weighted by Gasteiger charge is 2.29. The second-order valence-corrected chi connectivity index (χ2v) is 4.13. The summed E-state index contributed by atoms with van der Waals surface area (Å²) in [4.78, 5) is 24.3. The highest BCUT2D eigenvalue weighted by Crippen LogP contribution is 2.24. The fraction of sp³-hybridized carbons (Fsp3) is 0.286. The monoisotopic (exact) mass is 229 g/mol. The molecule has 0 aliphatic heterocycles. The molecule has 0 bridgehead atoms. The number of allylic oxidation sites excluding steroid dienone is 2. The van der Waals surface area contributed by atoms with Crippen molar-refractivity contribution in [3.8, 4) is 0 Å². The second kappa shape index (κ2) is 4.53. The zero-order valence-corrected chi connectivity index (χ0v) is 10.0. The van der Waals surface area contributed by atoms with Crippen molar-refractivity contribution in [2.75, 3.05) is 6.54 Å². The summed E-state index contributed by atoms with van der Waals surface area (Å²) < 4.78 is 0. The molecule has 3 nitrogen and oxygen atoms in total. The number of benzene rings is 1. The number of carbonyl (C=O) groups excluding carboxylic acids is 2. The van der Waals surface area contributed by atoms with Crippen LogP contribution in [0.3, 0.4) is 0 Å². The number of rotatable bonds is 3. The molecule has 1 aliphatic rings. The highest BCUT2D eigenvalue weighted by atomic mass is 16.1. The maximum absolute atomic E-state index is 12.2. The van der Waals surface area contributed by atoms with Crippen LogP contribution in [0.2, 0.25) is 0 Å². The Balaban J connectivity index is 2.47. The first kappa shape index (κ1) is 11.6. The zero-order chi connectivity index (χ0) is 12.4. The first-order valence-corrected chi connectivity index (χ1v) is 5.80. The van der Waals surface area contributed by atoms with E-state index in [4.69, 9.17) is 0 Å². The molecule has 2 rings (SSSR count). The number of carbonyl (C=O) groups is 2.